The quantitative estimate of drug-likeness (QED) is 0.600. The van der Waals surface area contributed by atoms with E-state index >= 15 is 0 Å². The van der Waals surface area contributed by atoms with Crippen LogP contribution in [0.4, 0.5) is 0 Å². The molecule has 1 aliphatic heterocycles. The van der Waals surface area contributed by atoms with Crippen molar-refractivity contribution < 1.29 is 9.90 Å². The highest BCUT2D eigenvalue weighted by atomic mass is 16.3. The highest BCUT2D eigenvalue weighted by Crippen LogP contribution is 2.24. The monoisotopic (exact) mass is 211 g/mol. The van der Waals surface area contributed by atoms with Crippen LogP contribution in [0.1, 0.15) is 32.1 Å². The molecule has 3 N–H and O–H groups in total. The molecule has 0 bridgehead atoms. The molecule has 1 unspecified atom stereocenters. The Morgan fingerprint density at radius 1 is 1.27 bits per heavy atom. The predicted octanol–water partition coefficient (Wildman–Crippen LogP) is -0.0395. The minimum atomic E-state index is -0.622. The lowest BCUT2D eigenvalue weighted by Crippen LogP contribution is -2.54. The zero-order valence-electron chi connectivity index (χ0n) is 8.70. The molecular weight excluding hydrogens is 194 g/mol. The SMILES string of the molecule is O=C1NNC(C2CCCCC2)=NC1CO. The Hall–Kier alpha value is -1.10. The van der Waals surface area contributed by atoms with Gasteiger partial charge in [0.1, 0.15) is 5.84 Å². The summed E-state index contributed by atoms with van der Waals surface area (Å²) in [6.07, 6.45) is 5.99. The van der Waals surface area contributed by atoms with Crippen molar-refractivity contribution in [2.75, 3.05) is 6.61 Å². The summed E-state index contributed by atoms with van der Waals surface area (Å²) < 4.78 is 0. The molecule has 0 spiro atoms. The van der Waals surface area contributed by atoms with Gasteiger partial charge in [-0.3, -0.25) is 20.6 Å². The summed E-state index contributed by atoms with van der Waals surface area (Å²) in [4.78, 5) is 15.5. The number of rotatable bonds is 2. The number of amides is 1. The second-order valence-corrected chi connectivity index (χ2v) is 4.16. The van der Waals surface area contributed by atoms with E-state index < -0.39 is 6.04 Å². The minimum Gasteiger partial charge on any atom is -0.394 e. The molecule has 0 saturated heterocycles. The van der Waals surface area contributed by atoms with E-state index in [2.05, 4.69) is 15.8 Å². The Bertz CT molecular complexity index is 272. The molecule has 1 heterocycles. The van der Waals surface area contributed by atoms with Gasteiger partial charge in [0.15, 0.2) is 6.04 Å². The normalized spacial score (nSPS) is 27.9. The van der Waals surface area contributed by atoms with Crippen LogP contribution < -0.4 is 10.9 Å². The first-order valence-corrected chi connectivity index (χ1v) is 5.55. The van der Waals surface area contributed by atoms with Gasteiger partial charge in [-0.05, 0) is 12.8 Å². The maximum atomic E-state index is 11.2. The van der Waals surface area contributed by atoms with Crippen LogP contribution in [0.15, 0.2) is 4.99 Å². The fraction of sp³-hybridized carbons (Fsp3) is 0.800. The summed E-state index contributed by atoms with van der Waals surface area (Å²) >= 11 is 0. The highest BCUT2D eigenvalue weighted by molar-refractivity contribution is 5.94. The third kappa shape index (κ3) is 2.28. The molecule has 15 heavy (non-hydrogen) atoms. The summed E-state index contributed by atoms with van der Waals surface area (Å²) in [7, 11) is 0. The molecule has 0 aromatic heterocycles. The second-order valence-electron chi connectivity index (χ2n) is 4.16. The maximum Gasteiger partial charge on any atom is 0.265 e. The summed E-state index contributed by atoms with van der Waals surface area (Å²) in [6, 6.07) is -0.622. The minimum absolute atomic E-state index is 0.219. The first-order chi connectivity index (χ1) is 7.31. The topological polar surface area (TPSA) is 73.7 Å². The lowest BCUT2D eigenvalue weighted by atomic mass is 9.88. The highest BCUT2D eigenvalue weighted by Gasteiger charge is 2.27. The first kappa shape index (κ1) is 10.4. The molecule has 5 nitrogen and oxygen atoms in total. The molecule has 1 fully saturated rings. The van der Waals surface area contributed by atoms with Crippen molar-refractivity contribution in [3.63, 3.8) is 0 Å². The van der Waals surface area contributed by atoms with Crippen LogP contribution in [0.3, 0.4) is 0 Å². The fourth-order valence-corrected chi connectivity index (χ4v) is 2.17. The molecule has 1 aliphatic carbocycles. The molecule has 2 aliphatic rings. The molecule has 1 saturated carbocycles. The average Bonchev–Trinajstić information content (AvgIpc) is 2.31. The van der Waals surface area contributed by atoms with E-state index in [0.717, 1.165) is 18.7 Å². The smallest absolute Gasteiger partial charge is 0.265 e. The molecular formula is C10H17N3O2. The Balaban J connectivity index is 2.04. The molecule has 0 aromatic rings. The van der Waals surface area contributed by atoms with Crippen LogP contribution in [-0.2, 0) is 4.79 Å². The van der Waals surface area contributed by atoms with E-state index in [-0.39, 0.29) is 12.5 Å². The van der Waals surface area contributed by atoms with Crippen molar-refractivity contribution in [1.29, 1.82) is 0 Å². The number of hydrogen-bond donors (Lipinski definition) is 3. The molecule has 0 radical (unpaired) electrons. The number of aliphatic imine (C=N–C) groups is 1. The molecule has 2 rings (SSSR count). The zero-order valence-corrected chi connectivity index (χ0v) is 8.70. The number of nitrogens with one attached hydrogen (secondary N) is 2. The van der Waals surface area contributed by atoms with E-state index in [9.17, 15) is 4.79 Å². The zero-order chi connectivity index (χ0) is 10.7. The van der Waals surface area contributed by atoms with Crippen molar-refractivity contribution in [1.82, 2.24) is 10.9 Å². The molecule has 5 heteroatoms. The van der Waals surface area contributed by atoms with E-state index in [1.807, 2.05) is 0 Å². The van der Waals surface area contributed by atoms with Crippen molar-refractivity contribution in [3.05, 3.63) is 0 Å². The predicted molar refractivity (Wildman–Crippen MR) is 56.2 cm³/mol. The van der Waals surface area contributed by atoms with Crippen LogP contribution in [0.2, 0.25) is 0 Å². The number of hydrazine groups is 1. The summed E-state index contributed by atoms with van der Waals surface area (Å²) in [6.45, 7) is -0.219. The summed E-state index contributed by atoms with van der Waals surface area (Å²) in [5.41, 5.74) is 5.39. The summed E-state index contributed by atoms with van der Waals surface area (Å²) in [5, 5.41) is 8.98. The number of nitrogens with zero attached hydrogens (tertiary/aromatic N) is 1. The third-order valence-electron chi connectivity index (χ3n) is 3.08. The van der Waals surface area contributed by atoms with Gasteiger partial charge in [0.05, 0.1) is 6.61 Å². The van der Waals surface area contributed by atoms with Gasteiger partial charge in [-0.2, -0.15) is 0 Å². The Morgan fingerprint density at radius 2 is 2.00 bits per heavy atom. The largest absolute Gasteiger partial charge is 0.394 e. The van der Waals surface area contributed by atoms with Crippen LogP contribution in [0, 0.1) is 5.92 Å². The lowest BCUT2D eigenvalue weighted by Gasteiger charge is -2.28. The van der Waals surface area contributed by atoms with Gasteiger partial charge in [0, 0.05) is 5.92 Å². The molecule has 0 aromatic carbocycles. The molecule has 84 valence electrons. The van der Waals surface area contributed by atoms with Gasteiger partial charge in [0.2, 0.25) is 0 Å². The number of aliphatic hydroxyl groups is 1. The standard InChI is InChI=1S/C10H17N3O2/c14-6-8-10(15)13-12-9(11-8)7-4-2-1-3-5-7/h7-8,14H,1-6H2,(H,11,12)(H,13,15). The van der Waals surface area contributed by atoms with Gasteiger partial charge in [-0.25, -0.2) is 0 Å². The van der Waals surface area contributed by atoms with Gasteiger partial charge in [0.25, 0.3) is 5.91 Å². The number of carbonyl (C=O) groups excluding carboxylic acids is 1. The number of carbonyl (C=O) groups is 1. The third-order valence-corrected chi connectivity index (χ3v) is 3.08. The van der Waals surface area contributed by atoms with Gasteiger partial charge < -0.3 is 5.11 Å². The first-order valence-electron chi connectivity index (χ1n) is 5.55. The van der Waals surface area contributed by atoms with Gasteiger partial charge in [-0.15, -0.1) is 0 Å². The maximum absolute atomic E-state index is 11.2. The Morgan fingerprint density at radius 3 is 2.67 bits per heavy atom. The van der Waals surface area contributed by atoms with E-state index in [4.69, 9.17) is 5.11 Å². The van der Waals surface area contributed by atoms with Crippen molar-refractivity contribution in [2.45, 2.75) is 38.1 Å². The van der Waals surface area contributed by atoms with E-state index in [1.54, 1.807) is 0 Å². The van der Waals surface area contributed by atoms with Crippen LogP contribution in [-0.4, -0.2) is 29.5 Å². The molecule has 1 atom stereocenters. The van der Waals surface area contributed by atoms with Crippen molar-refractivity contribution in [2.24, 2.45) is 10.9 Å². The Kier molecular flexibility index (Phi) is 3.20. The number of amidine groups is 1. The van der Waals surface area contributed by atoms with Crippen LogP contribution in [0.25, 0.3) is 0 Å². The van der Waals surface area contributed by atoms with E-state index in [1.165, 1.54) is 19.3 Å². The van der Waals surface area contributed by atoms with E-state index in [0.29, 0.717) is 5.92 Å². The van der Waals surface area contributed by atoms with Crippen molar-refractivity contribution >= 4 is 11.7 Å². The van der Waals surface area contributed by atoms with Crippen LogP contribution in [0.5, 0.6) is 0 Å². The molecule has 1 amide bonds. The fourth-order valence-electron chi connectivity index (χ4n) is 2.17. The number of aliphatic hydroxyl groups excluding tert-OH is 1. The lowest BCUT2D eigenvalue weighted by molar-refractivity contribution is -0.124. The second kappa shape index (κ2) is 4.61. The van der Waals surface area contributed by atoms with Gasteiger partial charge in [-0.1, -0.05) is 19.3 Å². The summed E-state index contributed by atoms with van der Waals surface area (Å²) in [5.74, 6) is 1.01. The number of hydrogen-bond acceptors (Lipinski definition) is 4. The van der Waals surface area contributed by atoms with Gasteiger partial charge >= 0.3 is 0 Å². The Labute approximate surface area is 88.9 Å². The van der Waals surface area contributed by atoms with Crippen molar-refractivity contribution in [3.8, 4) is 0 Å². The average molecular weight is 211 g/mol. The van der Waals surface area contributed by atoms with Crippen LogP contribution >= 0.6 is 0 Å².